The molecule has 0 atom stereocenters. The van der Waals surface area contributed by atoms with E-state index < -0.39 is 0 Å². The number of ether oxygens (including phenoxy) is 1. The summed E-state index contributed by atoms with van der Waals surface area (Å²) in [5, 5.41) is 4.55. The quantitative estimate of drug-likeness (QED) is 0.796. The van der Waals surface area contributed by atoms with E-state index in [0.717, 1.165) is 67.6 Å². The fourth-order valence-corrected chi connectivity index (χ4v) is 5.14. The zero-order valence-corrected chi connectivity index (χ0v) is 17.5. The van der Waals surface area contributed by atoms with Gasteiger partial charge in [-0.25, -0.2) is 0 Å². The largest absolute Gasteiger partial charge is 0.378 e. The number of carbonyl (C=O) groups is 1. The van der Waals surface area contributed by atoms with Crippen LogP contribution < -0.4 is 5.32 Å². The number of nitrogens with zero attached hydrogens (tertiary/aromatic N) is 4. The van der Waals surface area contributed by atoms with Gasteiger partial charge >= 0.3 is 0 Å². The number of hydrogen-bond donors (Lipinski definition) is 1. The lowest BCUT2D eigenvalue weighted by atomic mass is 9.89. The van der Waals surface area contributed by atoms with E-state index in [1.54, 1.807) is 0 Å². The topological polar surface area (TPSA) is 60.4 Å². The van der Waals surface area contributed by atoms with Crippen LogP contribution in [0.25, 0.3) is 0 Å². The molecule has 0 saturated carbocycles. The lowest BCUT2D eigenvalue weighted by Gasteiger charge is -2.54. The molecule has 0 bridgehead atoms. The van der Waals surface area contributed by atoms with Crippen LogP contribution in [0.2, 0.25) is 5.02 Å². The van der Waals surface area contributed by atoms with Crippen LogP contribution in [0.4, 0.5) is 5.69 Å². The average molecular weight is 418 g/mol. The van der Waals surface area contributed by atoms with Gasteiger partial charge in [0.2, 0.25) is 5.91 Å². The Hall–Kier alpha value is -1.83. The molecule has 4 aliphatic heterocycles. The molecule has 0 unspecified atom stereocenters. The van der Waals surface area contributed by atoms with Gasteiger partial charge in [-0.3, -0.25) is 14.7 Å². The molecule has 0 aromatic heterocycles. The number of hydrogen-bond acceptors (Lipinski definition) is 6. The molecule has 1 aromatic carbocycles. The van der Waals surface area contributed by atoms with Crippen molar-refractivity contribution in [2.75, 3.05) is 64.3 Å². The van der Waals surface area contributed by atoms with Crippen molar-refractivity contribution in [1.29, 1.82) is 0 Å². The van der Waals surface area contributed by atoms with Gasteiger partial charge in [-0.1, -0.05) is 11.6 Å². The number of halogens is 1. The number of piperidine rings is 1. The van der Waals surface area contributed by atoms with Crippen LogP contribution in [0.15, 0.2) is 23.2 Å². The predicted molar refractivity (Wildman–Crippen MR) is 114 cm³/mol. The summed E-state index contributed by atoms with van der Waals surface area (Å²) in [5.74, 6) is 1.32. The van der Waals surface area contributed by atoms with E-state index >= 15 is 0 Å². The molecule has 2 saturated heterocycles. The van der Waals surface area contributed by atoms with Gasteiger partial charge in [-0.2, -0.15) is 0 Å². The first-order valence-corrected chi connectivity index (χ1v) is 11.0. The number of amides is 1. The minimum absolute atomic E-state index is 0.143. The van der Waals surface area contributed by atoms with Gasteiger partial charge in [0.25, 0.3) is 0 Å². The van der Waals surface area contributed by atoms with Gasteiger partial charge in [0.1, 0.15) is 11.5 Å². The third-order valence-corrected chi connectivity index (χ3v) is 6.80. The Morgan fingerprint density at radius 3 is 2.76 bits per heavy atom. The predicted octanol–water partition coefficient (Wildman–Crippen LogP) is 1.87. The highest BCUT2D eigenvalue weighted by Gasteiger charge is 2.46. The van der Waals surface area contributed by atoms with Crippen LogP contribution >= 0.6 is 11.6 Å². The van der Waals surface area contributed by atoms with Crippen LogP contribution in [-0.2, 0) is 9.53 Å². The Morgan fingerprint density at radius 1 is 1.17 bits per heavy atom. The van der Waals surface area contributed by atoms with Gasteiger partial charge in [-0.05, 0) is 24.6 Å². The van der Waals surface area contributed by atoms with Gasteiger partial charge in [0.05, 0.1) is 19.8 Å². The standard InChI is InChI=1S/C21H28ClN5O2/c22-16-2-3-17-18(14-16)24-21(27-7-1-6-23-20(17)27)4-8-25(9-5-21)15-19(28)26-10-12-29-13-11-26/h2-3,14,24H,1,4-13,15H2. The van der Waals surface area contributed by atoms with Crippen molar-refractivity contribution < 1.29 is 9.53 Å². The third-order valence-electron chi connectivity index (χ3n) is 6.57. The van der Waals surface area contributed by atoms with Crippen molar-refractivity contribution in [1.82, 2.24) is 14.7 Å². The summed E-state index contributed by atoms with van der Waals surface area (Å²) >= 11 is 6.28. The Morgan fingerprint density at radius 2 is 1.97 bits per heavy atom. The van der Waals surface area contributed by atoms with Crippen LogP contribution in [0.1, 0.15) is 24.8 Å². The molecule has 156 valence electrons. The number of benzene rings is 1. The number of anilines is 1. The second-order valence-corrected chi connectivity index (χ2v) is 8.76. The Labute approximate surface area is 176 Å². The number of amidine groups is 1. The molecular weight excluding hydrogens is 390 g/mol. The van der Waals surface area contributed by atoms with E-state index in [4.69, 9.17) is 21.3 Å². The Balaban J connectivity index is 1.31. The molecule has 4 aliphatic rings. The van der Waals surface area contributed by atoms with Crippen molar-refractivity contribution in [3.05, 3.63) is 28.8 Å². The summed E-state index contributed by atoms with van der Waals surface area (Å²) in [5.41, 5.74) is 2.08. The highest BCUT2D eigenvalue weighted by Crippen LogP contribution is 2.40. The van der Waals surface area contributed by atoms with E-state index in [-0.39, 0.29) is 11.6 Å². The fourth-order valence-electron chi connectivity index (χ4n) is 4.97. The Kier molecular flexibility index (Phi) is 5.14. The maximum atomic E-state index is 12.6. The number of rotatable bonds is 2. The van der Waals surface area contributed by atoms with Crippen LogP contribution in [-0.4, -0.2) is 91.1 Å². The second kappa shape index (κ2) is 7.78. The number of carbonyl (C=O) groups excluding carboxylic acids is 1. The maximum absolute atomic E-state index is 12.6. The van der Waals surface area contributed by atoms with Gasteiger partial charge in [0.15, 0.2) is 0 Å². The molecule has 2 fully saturated rings. The molecule has 1 N–H and O–H groups in total. The number of likely N-dealkylation sites (tertiary alicyclic amines) is 1. The Bertz CT molecular complexity index is 815. The first kappa shape index (κ1) is 19.2. The van der Waals surface area contributed by atoms with Crippen molar-refractivity contribution >= 4 is 29.0 Å². The van der Waals surface area contributed by atoms with E-state index in [2.05, 4.69) is 21.2 Å². The average Bonchev–Trinajstić information content (AvgIpc) is 2.76. The first-order valence-electron chi connectivity index (χ1n) is 10.6. The molecular formula is C21H28ClN5O2. The van der Waals surface area contributed by atoms with Crippen LogP contribution in [0.5, 0.6) is 0 Å². The summed E-state index contributed by atoms with van der Waals surface area (Å²) in [6.07, 6.45) is 2.98. The normalized spacial score (nSPS) is 23.8. The minimum atomic E-state index is -0.143. The zero-order valence-electron chi connectivity index (χ0n) is 16.7. The van der Waals surface area contributed by atoms with E-state index in [1.807, 2.05) is 17.0 Å². The second-order valence-electron chi connectivity index (χ2n) is 8.33. The van der Waals surface area contributed by atoms with E-state index in [1.165, 1.54) is 0 Å². The van der Waals surface area contributed by atoms with Crippen LogP contribution in [0, 0.1) is 0 Å². The smallest absolute Gasteiger partial charge is 0.236 e. The number of morpholine rings is 1. The van der Waals surface area contributed by atoms with Crippen molar-refractivity contribution in [2.45, 2.75) is 24.9 Å². The molecule has 5 rings (SSSR count). The van der Waals surface area contributed by atoms with Gasteiger partial charge < -0.3 is 19.9 Å². The summed E-state index contributed by atoms with van der Waals surface area (Å²) in [6, 6.07) is 6.03. The van der Waals surface area contributed by atoms with Gasteiger partial charge in [-0.15, -0.1) is 0 Å². The minimum Gasteiger partial charge on any atom is -0.378 e. The summed E-state index contributed by atoms with van der Waals surface area (Å²) < 4.78 is 5.36. The molecule has 1 amide bonds. The van der Waals surface area contributed by atoms with Gasteiger partial charge in [0, 0.05) is 68.4 Å². The van der Waals surface area contributed by atoms with Crippen LogP contribution in [0.3, 0.4) is 0 Å². The zero-order chi connectivity index (χ0) is 19.8. The maximum Gasteiger partial charge on any atom is 0.236 e. The SMILES string of the molecule is O=C(CN1CCC2(CC1)Nc1cc(Cl)ccc1C1=NCCCN12)N1CCOCC1. The molecule has 7 nitrogen and oxygen atoms in total. The summed E-state index contributed by atoms with van der Waals surface area (Å²) in [7, 11) is 0. The molecule has 1 aromatic rings. The molecule has 29 heavy (non-hydrogen) atoms. The third kappa shape index (κ3) is 3.60. The molecule has 0 radical (unpaired) electrons. The molecule has 4 heterocycles. The number of aliphatic imine (C=N–C) groups is 1. The molecule has 0 aliphatic carbocycles. The molecule has 1 spiro atoms. The fraction of sp³-hybridized carbons (Fsp3) is 0.619. The van der Waals surface area contributed by atoms with Crippen molar-refractivity contribution in [3.8, 4) is 0 Å². The number of fused-ring (bicyclic) bond motifs is 4. The lowest BCUT2D eigenvalue weighted by molar-refractivity contribution is -0.137. The highest BCUT2D eigenvalue weighted by molar-refractivity contribution is 6.31. The van der Waals surface area contributed by atoms with Crippen molar-refractivity contribution in [2.24, 2.45) is 4.99 Å². The van der Waals surface area contributed by atoms with E-state index in [9.17, 15) is 4.79 Å². The molecule has 8 heteroatoms. The van der Waals surface area contributed by atoms with E-state index in [0.29, 0.717) is 32.8 Å². The lowest BCUT2D eigenvalue weighted by Crippen LogP contribution is -2.65. The summed E-state index contributed by atoms with van der Waals surface area (Å²) in [6.45, 7) is 6.90. The first-order chi connectivity index (χ1) is 14.1. The highest BCUT2D eigenvalue weighted by atomic mass is 35.5. The number of nitrogens with one attached hydrogen (secondary N) is 1. The summed E-state index contributed by atoms with van der Waals surface area (Å²) in [4.78, 5) is 24.2. The van der Waals surface area contributed by atoms with Crippen molar-refractivity contribution in [3.63, 3.8) is 0 Å². The monoisotopic (exact) mass is 417 g/mol.